The quantitative estimate of drug-likeness (QED) is 0.885. The molecule has 2 heterocycles. The molecule has 1 aliphatic heterocycles. The third-order valence-corrected chi connectivity index (χ3v) is 3.47. The molecule has 1 unspecified atom stereocenters. The summed E-state index contributed by atoms with van der Waals surface area (Å²) in [5, 5.41) is 5.25. The number of fused-ring (bicyclic) bond motifs is 1. The van der Waals surface area contributed by atoms with E-state index < -0.39 is 18.1 Å². The molecule has 2 aromatic rings. The lowest BCUT2D eigenvalue weighted by Gasteiger charge is -2.26. The summed E-state index contributed by atoms with van der Waals surface area (Å²) in [5.41, 5.74) is 0. The van der Waals surface area contributed by atoms with Gasteiger partial charge in [-0.3, -0.25) is 9.59 Å². The number of carbonyl (C=O) groups excluding carboxylic acids is 2. The molecule has 1 aromatic carbocycles. The lowest BCUT2D eigenvalue weighted by Crippen LogP contribution is -2.50. The predicted molar refractivity (Wildman–Crippen MR) is 86.8 cm³/mol. The molecule has 0 saturated carbocycles. The second-order valence-electron chi connectivity index (χ2n) is 5.30. The molecule has 7 heteroatoms. The summed E-state index contributed by atoms with van der Waals surface area (Å²) >= 11 is 0. The van der Waals surface area contributed by atoms with Crippen LogP contribution in [0.1, 0.15) is 6.92 Å². The van der Waals surface area contributed by atoms with E-state index in [9.17, 15) is 9.59 Å². The molecular formula is C17H17N3O4. The van der Waals surface area contributed by atoms with E-state index >= 15 is 0 Å². The maximum atomic E-state index is 12.3. The van der Waals surface area contributed by atoms with Gasteiger partial charge in [-0.2, -0.15) is 0 Å². The van der Waals surface area contributed by atoms with Crippen LogP contribution in [0.5, 0.6) is 11.5 Å². The Bertz CT molecular complexity index is 736. The number of pyridine rings is 1. The van der Waals surface area contributed by atoms with Gasteiger partial charge in [-0.25, -0.2) is 4.98 Å². The Morgan fingerprint density at radius 3 is 2.67 bits per heavy atom. The van der Waals surface area contributed by atoms with E-state index in [0.29, 0.717) is 17.3 Å². The molecule has 1 aliphatic rings. The highest BCUT2D eigenvalue weighted by Gasteiger charge is 2.29. The first kappa shape index (κ1) is 15.8. The Morgan fingerprint density at radius 1 is 1.17 bits per heavy atom. The third kappa shape index (κ3) is 3.62. The van der Waals surface area contributed by atoms with Crippen LogP contribution in [0.15, 0.2) is 48.7 Å². The Labute approximate surface area is 139 Å². The van der Waals surface area contributed by atoms with Crippen molar-refractivity contribution in [2.45, 2.75) is 19.1 Å². The minimum atomic E-state index is -0.801. The maximum Gasteiger partial charge on any atom is 0.265 e. The van der Waals surface area contributed by atoms with Crippen molar-refractivity contribution in [3.63, 3.8) is 0 Å². The first-order valence-electron chi connectivity index (χ1n) is 7.54. The SMILES string of the molecule is C[C@H](NC(=O)C1COc2ccccc2O1)C(=O)Nc1ccccn1. The van der Waals surface area contributed by atoms with Crippen LogP contribution in [-0.2, 0) is 9.59 Å². The summed E-state index contributed by atoms with van der Waals surface area (Å²) in [6.07, 6.45) is 0.772. The van der Waals surface area contributed by atoms with Crippen molar-refractivity contribution in [1.82, 2.24) is 10.3 Å². The zero-order valence-corrected chi connectivity index (χ0v) is 13.1. The van der Waals surface area contributed by atoms with E-state index in [1.54, 1.807) is 49.5 Å². The van der Waals surface area contributed by atoms with Crippen LogP contribution in [0.3, 0.4) is 0 Å². The highest BCUT2D eigenvalue weighted by molar-refractivity contribution is 5.96. The Balaban J connectivity index is 1.56. The van der Waals surface area contributed by atoms with Gasteiger partial charge in [0.1, 0.15) is 18.5 Å². The number of aromatic nitrogens is 1. The molecule has 3 rings (SSSR count). The molecule has 0 saturated heterocycles. The summed E-state index contributed by atoms with van der Waals surface area (Å²) in [4.78, 5) is 28.4. The van der Waals surface area contributed by atoms with Gasteiger partial charge in [0.25, 0.3) is 5.91 Å². The fraction of sp³-hybridized carbons (Fsp3) is 0.235. The number of nitrogens with zero attached hydrogens (tertiary/aromatic N) is 1. The van der Waals surface area contributed by atoms with Crippen molar-refractivity contribution in [1.29, 1.82) is 0 Å². The molecule has 24 heavy (non-hydrogen) atoms. The molecule has 1 aromatic heterocycles. The summed E-state index contributed by atoms with van der Waals surface area (Å²) < 4.78 is 11.1. The van der Waals surface area contributed by atoms with Gasteiger partial charge in [0.15, 0.2) is 11.5 Å². The van der Waals surface area contributed by atoms with Gasteiger partial charge in [0.2, 0.25) is 12.0 Å². The molecule has 2 amide bonds. The van der Waals surface area contributed by atoms with E-state index in [1.165, 1.54) is 0 Å². The first-order valence-corrected chi connectivity index (χ1v) is 7.54. The molecular weight excluding hydrogens is 310 g/mol. The van der Waals surface area contributed by atoms with Crippen molar-refractivity contribution in [3.8, 4) is 11.5 Å². The predicted octanol–water partition coefficient (Wildman–Crippen LogP) is 1.36. The van der Waals surface area contributed by atoms with Gasteiger partial charge in [-0.1, -0.05) is 18.2 Å². The van der Waals surface area contributed by atoms with Gasteiger partial charge in [-0.15, -0.1) is 0 Å². The van der Waals surface area contributed by atoms with Crippen LogP contribution in [-0.4, -0.2) is 35.6 Å². The summed E-state index contributed by atoms with van der Waals surface area (Å²) in [7, 11) is 0. The number of carbonyl (C=O) groups is 2. The van der Waals surface area contributed by atoms with Crippen molar-refractivity contribution < 1.29 is 19.1 Å². The second-order valence-corrected chi connectivity index (χ2v) is 5.30. The van der Waals surface area contributed by atoms with Crippen LogP contribution in [0.2, 0.25) is 0 Å². The fourth-order valence-corrected chi connectivity index (χ4v) is 2.19. The van der Waals surface area contributed by atoms with Gasteiger partial charge in [-0.05, 0) is 31.2 Å². The van der Waals surface area contributed by atoms with Gasteiger partial charge < -0.3 is 20.1 Å². The largest absolute Gasteiger partial charge is 0.485 e. The van der Waals surface area contributed by atoms with Gasteiger partial charge >= 0.3 is 0 Å². The zero-order chi connectivity index (χ0) is 16.9. The maximum absolute atomic E-state index is 12.3. The van der Waals surface area contributed by atoms with E-state index in [2.05, 4.69) is 15.6 Å². The molecule has 2 N–H and O–H groups in total. The number of hydrogen-bond acceptors (Lipinski definition) is 5. The second kappa shape index (κ2) is 6.99. The molecule has 0 spiro atoms. The number of rotatable bonds is 4. The third-order valence-electron chi connectivity index (χ3n) is 3.47. The summed E-state index contributed by atoms with van der Waals surface area (Å²) in [5.74, 6) is 0.763. The minimum absolute atomic E-state index is 0.0947. The summed E-state index contributed by atoms with van der Waals surface area (Å²) in [6, 6.07) is 11.6. The number of amides is 2. The van der Waals surface area contributed by atoms with Crippen LogP contribution >= 0.6 is 0 Å². The molecule has 0 aliphatic carbocycles. The number of anilines is 1. The number of benzene rings is 1. The van der Waals surface area contributed by atoms with Gasteiger partial charge in [0.05, 0.1) is 0 Å². The van der Waals surface area contributed by atoms with Crippen LogP contribution in [0.4, 0.5) is 5.82 Å². The van der Waals surface area contributed by atoms with E-state index in [-0.39, 0.29) is 12.5 Å². The first-order chi connectivity index (χ1) is 11.6. The Hall–Kier alpha value is -3.09. The van der Waals surface area contributed by atoms with Crippen LogP contribution in [0.25, 0.3) is 0 Å². The Kier molecular flexibility index (Phi) is 4.60. The standard InChI is InChI=1S/C17H17N3O4/c1-11(16(21)20-15-8-4-5-9-18-15)19-17(22)14-10-23-12-6-2-3-7-13(12)24-14/h2-9,11,14H,10H2,1H3,(H,19,22)(H,18,20,21)/t11-,14?/m0/s1. The fourth-order valence-electron chi connectivity index (χ4n) is 2.19. The molecule has 7 nitrogen and oxygen atoms in total. The molecule has 124 valence electrons. The van der Waals surface area contributed by atoms with Crippen molar-refractivity contribution in [2.75, 3.05) is 11.9 Å². The van der Waals surface area contributed by atoms with E-state index in [0.717, 1.165) is 0 Å². The summed E-state index contributed by atoms with van der Waals surface area (Å²) in [6.45, 7) is 1.69. The minimum Gasteiger partial charge on any atom is -0.485 e. The Morgan fingerprint density at radius 2 is 1.92 bits per heavy atom. The molecule has 0 radical (unpaired) electrons. The average Bonchev–Trinajstić information content (AvgIpc) is 2.62. The topological polar surface area (TPSA) is 89.5 Å². The number of ether oxygens (including phenoxy) is 2. The van der Waals surface area contributed by atoms with Crippen LogP contribution < -0.4 is 20.1 Å². The number of nitrogens with one attached hydrogen (secondary N) is 2. The highest BCUT2D eigenvalue weighted by atomic mass is 16.6. The smallest absolute Gasteiger partial charge is 0.265 e. The lowest BCUT2D eigenvalue weighted by atomic mass is 10.2. The zero-order valence-electron chi connectivity index (χ0n) is 13.1. The molecule has 2 atom stereocenters. The monoisotopic (exact) mass is 327 g/mol. The number of para-hydroxylation sites is 2. The van der Waals surface area contributed by atoms with Crippen molar-refractivity contribution in [3.05, 3.63) is 48.7 Å². The lowest BCUT2D eigenvalue weighted by molar-refractivity contribution is -0.133. The highest BCUT2D eigenvalue weighted by Crippen LogP contribution is 2.30. The van der Waals surface area contributed by atoms with Gasteiger partial charge in [0, 0.05) is 6.20 Å². The molecule has 0 fully saturated rings. The van der Waals surface area contributed by atoms with Crippen molar-refractivity contribution in [2.24, 2.45) is 0 Å². The van der Waals surface area contributed by atoms with E-state index in [4.69, 9.17) is 9.47 Å². The van der Waals surface area contributed by atoms with Crippen molar-refractivity contribution >= 4 is 17.6 Å². The molecule has 0 bridgehead atoms. The van der Waals surface area contributed by atoms with E-state index in [1.807, 2.05) is 6.07 Å². The average molecular weight is 327 g/mol. The van der Waals surface area contributed by atoms with Crippen LogP contribution in [0, 0.1) is 0 Å². The number of hydrogen-bond donors (Lipinski definition) is 2. The normalized spacial score (nSPS) is 16.8.